The Kier molecular flexibility index (Phi) is 3.71. The molecule has 0 fully saturated rings. The van der Waals surface area contributed by atoms with E-state index in [9.17, 15) is 10.1 Å². The lowest BCUT2D eigenvalue weighted by molar-refractivity contribution is -0.385. The van der Waals surface area contributed by atoms with Gasteiger partial charge in [0, 0.05) is 12.0 Å². The number of methoxy groups -OCH3 is 1. The smallest absolute Gasteiger partial charge is 0.274 e. The SMILES string of the molecule is COc1ccc(C)c2c1N[C@@H](c1ccccc1[N+](=O)[O-])[C@H]1CC=C[C@@H]21. The highest BCUT2D eigenvalue weighted by Crippen LogP contribution is 2.54. The van der Waals surface area contributed by atoms with E-state index < -0.39 is 0 Å². The normalized spacial score (nSPS) is 23.5. The zero-order valence-corrected chi connectivity index (χ0v) is 14.2. The summed E-state index contributed by atoms with van der Waals surface area (Å²) in [6.45, 7) is 2.11. The first-order valence-electron chi connectivity index (χ1n) is 8.46. The van der Waals surface area contributed by atoms with Crippen molar-refractivity contribution in [2.75, 3.05) is 12.4 Å². The Hall–Kier alpha value is -2.82. The van der Waals surface area contributed by atoms with Gasteiger partial charge in [-0.05, 0) is 36.5 Å². The first-order valence-corrected chi connectivity index (χ1v) is 8.46. The Labute approximate surface area is 146 Å². The van der Waals surface area contributed by atoms with Gasteiger partial charge in [-0.2, -0.15) is 0 Å². The minimum Gasteiger partial charge on any atom is -0.495 e. The Morgan fingerprint density at radius 2 is 2.04 bits per heavy atom. The molecule has 4 rings (SSSR count). The third-order valence-electron chi connectivity index (χ3n) is 5.39. The van der Waals surface area contributed by atoms with Crippen LogP contribution in [0, 0.1) is 23.0 Å². The van der Waals surface area contributed by atoms with Crippen LogP contribution in [0.2, 0.25) is 0 Å². The van der Waals surface area contributed by atoms with Gasteiger partial charge >= 0.3 is 0 Å². The zero-order chi connectivity index (χ0) is 17.6. The maximum atomic E-state index is 11.5. The molecule has 5 nitrogen and oxygen atoms in total. The van der Waals surface area contributed by atoms with Crippen molar-refractivity contribution < 1.29 is 9.66 Å². The molecule has 1 N–H and O–H groups in total. The van der Waals surface area contributed by atoms with Crippen LogP contribution < -0.4 is 10.1 Å². The highest BCUT2D eigenvalue weighted by atomic mass is 16.6. The number of nitrogens with zero attached hydrogens (tertiary/aromatic N) is 1. The molecule has 0 unspecified atom stereocenters. The van der Waals surface area contributed by atoms with Crippen LogP contribution in [-0.2, 0) is 0 Å². The summed E-state index contributed by atoms with van der Waals surface area (Å²) in [5.74, 6) is 1.29. The number of nitro benzene ring substituents is 1. The fraction of sp³-hybridized carbons (Fsp3) is 0.300. The summed E-state index contributed by atoms with van der Waals surface area (Å²) >= 11 is 0. The molecule has 2 aromatic carbocycles. The van der Waals surface area contributed by atoms with Crippen molar-refractivity contribution in [3.8, 4) is 5.75 Å². The van der Waals surface area contributed by atoms with Gasteiger partial charge in [0.05, 0.1) is 29.3 Å². The molecule has 1 aliphatic carbocycles. The Balaban J connectivity index is 1.89. The molecule has 0 spiro atoms. The second-order valence-corrected chi connectivity index (χ2v) is 6.66. The fourth-order valence-corrected chi connectivity index (χ4v) is 4.27. The van der Waals surface area contributed by atoms with Crippen LogP contribution >= 0.6 is 0 Å². The summed E-state index contributed by atoms with van der Waals surface area (Å²) < 4.78 is 5.56. The molecule has 2 aliphatic rings. The largest absolute Gasteiger partial charge is 0.495 e. The number of nitrogens with one attached hydrogen (secondary N) is 1. The summed E-state index contributed by atoms with van der Waals surface area (Å²) in [7, 11) is 1.66. The Bertz CT molecular complexity index is 875. The maximum absolute atomic E-state index is 11.5. The van der Waals surface area contributed by atoms with Gasteiger partial charge in [-0.15, -0.1) is 0 Å². The average Bonchev–Trinajstić information content (AvgIpc) is 3.10. The van der Waals surface area contributed by atoms with Crippen molar-refractivity contribution in [3.05, 3.63) is 75.4 Å². The number of hydrogen-bond donors (Lipinski definition) is 1. The number of allylic oxidation sites excluding steroid dienone is 2. The van der Waals surface area contributed by atoms with Gasteiger partial charge in [0.1, 0.15) is 5.75 Å². The quantitative estimate of drug-likeness (QED) is 0.499. The van der Waals surface area contributed by atoms with Gasteiger partial charge in [0.2, 0.25) is 0 Å². The summed E-state index contributed by atoms with van der Waals surface area (Å²) in [4.78, 5) is 11.2. The first-order chi connectivity index (χ1) is 12.1. The lowest BCUT2D eigenvalue weighted by Crippen LogP contribution is -2.30. The van der Waals surface area contributed by atoms with Crippen molar-refractivity contribution >= 4 is 11.4 Å². The highest BCUT2D eigenvalue weighted by Gasteiger charge is 2.41. The summed E-state index contributed by atoms with van der Waals surface area (Å²) in [6, 6.07) is 10.9. The molecule has 2 aromatic rings. The number of ether oxygens (including phenoxy) is 1. The standard InChI is InChI=1S/C20H20N2O3/c1-12-10-11-17(25-2)20-18(12)13-7-5-8-14(13)19(21-20)15-6-3-4-9-16(15)22(23)24/h3-7,9-11,13-14,19,21H,8H2,1-2H3/t13-,14+,19-/m1/s1. The molecule has 0 saturated carbocycles. The van der Waals surface area contributed by atoms with Crippen molar-refractivity contribution in [3.63, 3.8) is 0 Å². The first kappa shape index (κ1) is 15.7. The maximum Gasteiger partial charge on any atom is 0.274 e. The molecule has 0 aromatic heterocycles. The van der Waals surface area contributed by atoms with E-state index in [-0.39, 0.29) is 28.5 Å². The molecule has 5 heteroatoms. The molecule has 128 valence electrons. The Morgan fingerprint density at radius 3 is 2.80 bits per heavy atom. The molecule has 1 aliphatic heterocycles. The monoisotopic (exact) mass is 336 g/mol. The summed E-state index contributed by atoms with van der Waals surface area (Å²) in [5.41, 5.74) is 4.32. The predicted octanol–water partition coefficient (Wildman–Crippen LogP) is 4.74. The molecule has 1 heterocycles. The van der Waals surface area contributed by atoms with Gasteiger partial charge in [0.15, 0.2) is 0 Å². The van der Waals surface area contributed by atoms with E-state index in [1.54, 1.807) is 19.2 Å². The van der Waals surface area contributed by atoms with E-state index in [1.807, 2.05) is 18.2 Å². The van der Waals surface area contributed by atoms with Gasteiger partial charge in [0.25, 0.3) is 5.69 Å². The fourth-order valence-electron chi connectivity index (χ4n) is 4.27. The van der Waals surface area contributed by atoms with Crippen LogP contribution in [0.3, 0.4) is 0 Å². The van der Waals surface area contributed by atoms with Crippen molar-refractivity contribution in [1.29, 1.82) is 0 Å². The number of benzene rings is 2. The average molecular weight is 336 g/mol. The number of anilines is 1. The van der Waals surface area contributed by atoms with E-state index in [0.717, 1.165) is 23.4 Å². The minimum atomic E-state index is -0.294. The predicted molar refractivity (Wildman–Crippen MR) is 97.2 cm³/mol. The molecule has 0 saturated heterocycles. The van der Waals surface area contributed by atoms with E-state index >= 15 is 0 Å². The third-order valence-corrected chi connectivity index (χ3v) is 5.39. The second kappa shape index (κ2) is 5.92. The lowest BCUT2D eigenvalue weighted by atomic mass is 9.75. The number of aryl methyl sites for hydroxylation is 1. The molecule has 0 bridgehead atoms. The molecule has 3 atom stereocenters. The van der Waals surface area contributed by atoms with Crippen molar-refractivity contribution in [1.82, 2.24) is 0 Å². The van der Waals surface area contributed by atoms with E-state index in [4.69, 9.17) is 4.74 Å². The van der Waals surface area contributed by atoms with Gasteiger partial charge in [-0.25, -0.2) is 0 Å². The highest BCUT2D eigenvalue weighted by molar-refractivity contribution is 5.70. The van der Waals surface area contributed by atoms with Crippen LogP contribution in [0.4, 0.5) is 11.4 Å². The number of hydrogen-bond acceptors (Lipinski definition) is 4. The number of rotatable bonds is 3. The molecule has 0 radical (unpaired) electrons. The number of para-hydroxylation sites is 1. The molecule has 0 amide bonds. The van der Waals surface area contributed by atoms with Gasteiger partial charge in [-0.3, -0.25) is 10.1 Å². The number of nitro groups is 1. The molecule has 25 heavy (non-hydrogen) atoms. The topological polar surface area (TPSA) is 64.4 Å². The Morgan fingerprint density at radius 1 is 1.24 bits per heavy atom. The molecular formula is C20H20N2O3. The summed E-state index contributed by atoms with van der Waals surface area (Å²) in [5, 5.41) is 15.1. The van der Waals surface area contributed by atoms with Crippen LogP contribution in [0.15, 0.2) is 48.6 Å². The van der Waals surface area contributed by atoms with Crippen LogP contribution in [0.5, 0.6) is 5.75 Å². The minimum absolute atomic E-state index is 0.121. The van der Waals surface area contributed by atoms with Crippen LogP contribution in [0.1, 0.15) is 35.1 Å². The summed E-state index contributed by atoms with van der Waals surface area (Å²) in [6.07, 6.45) is 5.33. The van der Waals surface area contributed by atoms with E-state index in [1.165, 1.54) is 11.1 Å². The van der Waals surface area contributed by atoms with Crippen LogP contribution in [0.25, 0.3) is 0 Å². The molecular weight excluding hydrogens is 316 g/mol. The van der Waals surface area contributed by atoms with Gasteiger partial charge in [-0.1, -0.05) is 36.4 Å². The van der Waals surface area contributed by atoms with Crippen LogP contribution in [-0.4, -0.2) is 12.0 Å². The van der Waals surface area contributed by atoms with Crippen molar-refractivity contribution in [2.24, 2.45) is 5.92 Å². The van der Waals surface area contributed by atoms with Gasteiger partial charge < -0.3 is 10.1 Å². The second-order valence-electron chi connectivity index (χ2n) is 6.66. The zero-order valence-electron chi connectivity index (χ0n) is 14.2. The van der Waals surface area contributed by atoms with E-state index in [0.29, 0.717) is 0 Å². The third kappa shape index (κ3) is 2.38. The van der Waals surface area contributed by atoms with Crippen molar-refractivity contribution in [2.45, 2.75) is 25.3 Å². The lowest BCUT2D eigenvalue weighted by Gasteiger charge is -2.38. The number of fused-ring (bicyclic) bond motifs is 3. The van der Waals surface area contributed by atoms with E-state index in [2.05, 4.69) is 30.5 Å².